The third kappa shape index (κ3) is 4.58. The minimum Gasteiger partial charge on any atom is -0.365 e. The van der Waals surface area contributed by atoms with Crippen molar-refractivity contribution in [3.05, 3.63) is 24.3 Å². The van der Waals surface area contributed by atoms with Crippen molar-refractivity contribution in [1.82, 2.24) is 5.32 Å². The molecule has 1 aromatic rings. The molecule has 0 radical (unpaired) electrons. The second-order valence-electron chi connectivity index (χ2n) is 6.08. The van der Waals surface area contributed by atoms with Gasteiger partial charge in [0.25, 0.3) is 5.76 Å². The van der Waals surface area contributed by atoms with Crippen molar-refractivity contribution in [3.63, 3.8) is 0 Å². The summed E-state index contributed by atoms with van der Waals surface area (Å²) in [7, 11) is 0. The predicted octanol–water partition coefficient (Wildman–Crippen LogP) is 4.21. The summed E-state index contributed by atoms with van der Waals surface area (Å²) in [5.74, 6) is -1.75. The molecule has 0 bridgehead atoms. The molecule has 1 saturated heterocycles. The first kappa shape index (κ1) is 16.6. The van der Waals surface area contributed by atoms with Crippen LogP contribution in [0.15, 0.2) is 29.2 Å². The molecule has 1 fully saturated rings. The maximum atomic E-state index is 12.7. The highest BCUT2D eigenvalue weighted by Crippen LogP contribution is 2.35. The quantitative estimate of drug-likeness (QED) is 0.820. The summed E-state index contributed by atoms with van der Waals surface area (Å²) in [5.41, 5.74) is 0.936. The number of rotatable bonds is 5. The number of para-hydroxylation sites is 1. The number of nitrogens with one attached hydrogen (secondary N) is 1. The van der Waals surface area contributed by atoms with Crippen LogP contribution in [0.2, 0.25) is 0 Å². The fraction of sp³-hybridized carbons (Fsp3) is 0.625. The summed E-state index contributed by atoms with van der Waals surface area (Å²) in [6, 6.07) is 8.24. The van der Waals surface area contributed by atoms with Crippen molar-refractivity contribution < 1.29 is 8.78 Å². The van der Waals surface area contributed by atoms with Gasteiger partial charge in [-0.25, -0.2) is 0 Å². The van der Waals surface area contributed by atoms with E-state index in [0.717, 1.165) is 25.2 Å². The Bertz CT molecular complexity index is 454. The van der Waals surface area contributed by atoms with E-state index in [1.54, 1.807) is 6.07 Å². The molecule has 0 aliphatic carbocycles. The lowest BCUT2D eigenvalue weighted by Crippen LogP contribution is -2.56. The van der Waals surface area contributed by atoms with Crippen LogP contribution in [-0.2, 0) is 0 Å². The normalized spacial score (nSPS) is 23.1. The van der Waals surface area contributed by atoms with E-state index in [0.29, 0.717) is 34.7 Å². The van der Waals surface area contributed by atoms with Gasteiger partial charge >= 0.3 is 0 Å². The molecule has 2 atom stereocenters. The minimum atomic E-state index is -2.38. The molecule has 1 N–H and O–H groups in total. The van der Waals surface area contributed by atoms with Crippen LogP contribution < -0.4 is 10.2 Å². The zero-order chi connectivity index (χ0) is 15.4. The summed E-state index contributed by atoms with van der Waals surface area (Å²) in [6.07, 6.45) is 1.10. The smallest absolute Gasteiger partial charge is 0.288 e. The first-order valence-corrected chi connectivity index (χ1v) is 8.39. The maximum absolute atomic E-state index is 12.7. The number of halogens is 2. The summed E-state index contributed by atoms with van der Waals surface area (Å²) in [4.78, 5) is 2.94. The van der Waals surface area contributed by atoms with E-state index in [9.17, 15) is 8.78 Å². The van der Waals surface area contributed by atoms with Crippen molar-refractivity contribution >= 4 is 17.4 Å². The molecule has 1 heterocycles. The predicted molar refractivity (Wildman–Crippen MR) is 86.4 cm³/mol. The molecule has 1 aromatic carbocycles. The summed E-state index contributed by atoms with van der Waals surface area (Å²) in [5, 5.41) is 3.56. The van der Waals surface area contributed by atoms with Crippen LogP contribution in [0.3, 0.4) is 0 Å². The molecule has 0 aromatic heterocycles. The summed E-state index contributed by atoms with van der Waals surface area (Å²) in [6.45, 7) is 8.34. The van der Waals surface area contributed by atoms with E-state index in [4.69, 9.17) is 0 Å². The highest BCUT2D eigenvalue weighted by atomic mass is 32.2. The highest BCUT2D eigenvalue weighted by Gasteiger charge is 2.27. The van der Waals surface area contributed by atoms with Gasteiger partial charge in [-0.1, -0.05) is 37.7 Å². The van der Waals surface area contributed by atoms with E-state index < -0.39 is 5.76 Å². The number of alkyl halides is 2. The average molecular weight is 314 g/mol. The van der Waals surface area contributed by atoms with Gasteiger partial charge in [0.2, 0.25) is 0 Å². The van der Waals surface area contributed by atoms with Crippen molar-refractivity contribution in [2.75, 3.05) is 18.0 Å². The second kappa shape index (κ2) is 7.45. The van der Waals surface area contributed by atoms with Gasteiger partial charge in [-0.2, -0.15) is 8.78 Å². The number of hydrogen-bond acceptors (Lipinski definition) is 3. The number of piperazine rings is 1. The molecular formula is C16H24F2N2S. The third-order valence-electron chi connectivity index (χ3n) is 3.80. The Morgan fingerprint density at radius 1 is 1.33 bits per heavy atom. The fourth-order valence-electron chi connectivity index (χ4n) is 2.88. The lowest BCUT2D eigenvalue weighted by molar-refractivity contribution is 0.252. The van der Waals surface area contributed by atoms with Gasteiger partial charge in [0.1, 0.15) is 0 Å². The average Bonchev–Trinajstić information content (AvgIpc) is 2.40. The Kier molecular flexibility index (Phi) is 5.88. The number of nitrogens with zero attached hydrogens (tertiary/aromatic N) is 1. The van der Waals surface area contributed by atoms with E-state index >= 15 is 0 Å². The van der Waals surface area contributed by atoms with E-state index in [2.05, 4.69) is 31.0 Å². The van der Waals surface area contributed by atoms with Crippen LogP contribution in [-0.4, -0.2) is 30.9 Å². The second-order valence-corrected chi connectivity index (χ2v) is 7.11. The van der Waals surface area contributed by atoms with E-state index in [1.807, 2.05) is 18.2 Å². The van der Waals surface area contributed by atoms with Gasteiger partial charge < -0.3 is 10.2 Å². The Morgan fingerprint density at radius 3 is 2.71 bits per heavy atom. The molecule has 1 aliphatic heterocycles. The van der Waals surface area contributed by atoms with Crippen molar-refractivity contribution in [1.29, 1.82) is 0 Å². The van der Waals surface area contributed by atoms with Crippen LogP contribution in [0.25, 0.3) is 0 Å². The van der Waals surface area contributed by atoms with Crippen molar-refractivity contribution in [2.45, 2.75) is 49.9 Å². The number of thioether (sulfide) groups is 1. The minimum absolute atomic E-state index is 0.313. The summed E-state index contributed by atoms with van der Waals surface area (Å²) >= 11 is 0.640. The Labute approximate surface area is 130 Å². The van der Waals surface area contributed by atoms with Crippen LogP contribution in [0.1, 0.15) is 27.2 Å². The van der Waals surface area contributed by atoms with Crippen molar-refractivity contribution in [2.24, 2.45) is 5.92 Å². The molecule has 0 amide bonds. The van der Waals surface area contributed by atoms with Gasteiger partial charge in [-0.3, -0.25) is 0 Å². The van der Waals surface area contributed by atoms with Gasteiger partial charge in [-0.15, -0.1) is 0 Å². The number of anilines is 1. The first-order chi connectivity index (χ1) is 9.97. The molecule has 0 spiro atoms. The van der Waals surface area contributed by atoms with Crippen LogP contribution in [0, 0.1) is 5.92 Å². The van der Waals surface area contributed by atoms with Gasteiger partial charge in [0.05, 0.1) is 5.69 Å². The molecular weight excluding hydrogens is 290 g/mol. The topological polar surface area (TPSA) is 15.3 Å². The molecule has 5 heteroatoms. The molecule has 2 unspecified atom stereocenters. The monoisotopic (exact) mass is 314 g/mol. The largest absolute Gasteiger partial charge is 0.365 e. The van der Waals surface area contributed by atoms with Gasteiger partial charge in [0.15, 0.2) is 0 Å². The third-order valence-corrected chi connectivity index (χ3v) is 4.58. The van der Waals surface area contributed by atoms with E-state index in [-0.39, 0.29) is 0 Å². The van der Waals surface area contributed by atoms with Crippen molar-refractivity contribution in [3.8, 4) is 0 Å². The Hall–Kier alpha value is -0.810. The van der Waals surface area contributed by atoms with Crippen LogP contribution in [0.4, 0.5) is 14.5 Å². The Balaban J connectivity index is 2.18. The molecule has 1 aliphatic rings. The Morgan fingerprint density at radius 2 is 2.05 bits per heavy atom. The number of benzene rings is 1. The lowest BCUT2D eigenvalue weighted by Gasteiger charge is -2.41. The van der Waals surface area contributed by atoms with Crippen LogP contribution >= 0.6 is 11.8 Å². The maximum Gasteiger partial charge on any atom is 0.288 e. The molecule has 2 nitrogen and oxygen atoms in total. The van der Waals surface area contributed by atoms with Crippen LogP contribution in [0.5, 0.6) is 0 Å². The zero-order valence-corrected chi connectivity index (χ0v) is 13.7. The fourth-order valence-corrected chi connectivity index (χ4v) is 3.54. The molecule has 0 saturated carbocycles. The van der Waals surface area contributed by atoms with Gasteiger partial charge in [0, 0.05) is 30.1 Å². The SMILES string of the molecule is CC(C)CC1CN(c2ccccc2SC(F)F)C(C)CN1. The van der Waals surface area contributed by atoms with E-state index in [1.165, 1.54) is 0 Å². The highest BCUT2D eigenvalue weighted by molar-refractivity contribution is 7.99. The summed E-state index contributed by atoms with van der Waals surface area (Å²) < 4.78 is 25.5. The first-order valence-electron chi connectivity index (χ1n) is 7.51. The standard InChI is InChI=1S/C16H24F2N2S/c1-11(2)8-13-10-20(12(3)9-19-13)14-6-4-5-7-15(14)21-16(17)18/h4-7,11-13,16,19H,8-10H2,1-3H3. The number of hydrogen-bond donors (Lipinski definition) is 1. The zero-order valence-electron chi connectivity index (χ0n) is 12.9. The molecule has 21 heavy (non-hydrogen) atoms. The molecule has 118 valence electrons. The van der Waals surface area contributed by atoms with Gasteiger partial charge in [-0.05, 0) is 31.4 Å². The molecule has 2 rings (SSSR count). The lowest BCUT2D eigenvalue weighted by atomic mass is 9.99.